The Hall–Kier alpha value is -8.32. The predicted molar refractivity (Wildman–Crippen MR) is 279 cm³/mol. The fourth-order valence-electron chi connectivity index (χ4n) is 12.4. The van der Waals surface area contributed by atoms with Gasteiger partial charge in [-0.05, 0) is 160 Å². The van der Waals surface area contributed by atoms with Gasteiger partial charge in [0.1, 0.15) is 0 Å². The van der Waals surface area contributed by atoms with Gasteiger partial charge in [0, 0.05) is 0 Å². The van der Waals surface area contributed by atoms with Gasteiger partial charge in [-0.25, -0.2) is 0 Å². The standard InChI is InChI=1S/C65H38/c1-2-7-19-38(18-6-1)54-42-26-14-15-27-43(42)55(39-20-8-3-9-21-39)63-51-35-31-47-49-33-37-53-61-52(36-32-48(59(49)61)46-30-34-50(62(54)63)60(51)58(46)47)64-56(40-22-10-4-11-23-40)44-28-16-17-29-45(44)57(65(53)64)41-24-12-5-13-25-41/h1,3-37H,2H2. The smallest absolute Gasteiger partial charge is 0.000740 e. The summed E-state index contributed by atoms with van der Waals surface area (Å²) >= 11 is 0. The van der Waals surface area contributed by atoms with E-state index in [1.807, 2.05) is 0 Å². The third-order valence-corrected chi connectivity index (χ3v) is 14.9. The van der Waals surface area contributed by atoms with Crippen molar-refractivity contribution >= 4 is 70.2 Å². The highest BCUT2D eigenvalue weighted by molar-refractivity contribution is 6.42. The van der Waals surface area contributed by atoms with Gasteiger partial charge in [0.25, 0.3) is 0 Å². The second-order valence-corrected chi connectivity index (χ2v) is 18.0. The quantitative estimate of drug-likeness (QED) is 0.123. The van der Waals surface area contributed by atoms with Crippen LogP contribution < -0.4 is 0 Å². The van der Waals surface area contributed by atoms with Crippen LogP contribution in [0.3, 0.4) is 0 Å². The first kappa shape index (κ1) is 35.2. The van der Waals surface area contributed by atoms with Crippen molar-refractivity contribution in [1.29, 1.82) is 0 Å². The predicted octanol–water partition coefficient (Wildman–Crippen LogP) is 18.2. The van der Waals surface area contributed by atoms with E-state index < -0.39 is 0 Å². The average Bonchev–Trinajstić information content (AvgIpc) is 3.73. The van der Waals surface area contributed by atoms with E-state index in [0.717, 1.165) is 6.42 Å². The van der Waals surface area contributed by atoms with E-state index in [4.69, 9.17) is 0 Å². The van der Waals surface area contributed by atoms with Gasteiger partial charge in [-0.3, -0.25) is 0 Å². The van der Waals surface area contributed by atoms with Crippen molar-refractivity contribution < 1.29 is 0 Å². The van der Waals surface area contributed by atoms with Crippen molar-refractivity contribution in [2.45, 2.75) is 6.42 Å². The number of benzene rings is 12. The zero-order valence-electron chi connectivity index (χ0n) is 35.5. The maximum atomic E-state index is 2.46. The van der Waals surface area contributed by atoms with Crippen LogP contribution >= 0.6 is 0 Å². The maximum Gasteiger partial charge on any atom is -0.000740 e. The minimum Gasteiger partial charge on any atom is -0.0807 e. The number of hydrogen-bond donors (Lipinski definition) is 0. The Morgan fingerprint density at radius 3 is 0.969 bits per heavy atom. The summed E-state index contributed by atoms with van der Waals surface area (Å²) in [5.41, 5.74) is 20.9. The third kappa shape index (κ3) is 4.60. The first-order valence-corrected chi connectivity index (χ1v) is 22.9. The number of allylic oxidation sites excluding steroid dienone is 6. The molecule has 12 aromatic carbocycles. The zero-order chi connectivity index (χ0) is 42.3. The summed E-state index contributed by atoms with van der Waals surface area (Å²) < 4.78 is 0. The minimum atomic E-state index is 0.932. The second-order valence-electron chi connectivity index (χ2n) is 18.0. The van der Waals surface area contributed by atoms with Gasteiger partial charge in [0.05, 0.1) is 0 Å². The van der Waals surface area contributed by atoms with E-state index in [2.05, 4.69) is 218 Å². The van der Waals surface area contributed by atoms with Crippen LogP contribution in [0, 0.1) is 0 Å². The fourth-order valence-corrected chi connectivity index (χ4v) is 12.4. The summed E-state index contributed by atoms with van der Waals surface area (Å²) in [5.74, 6) is 0. The largest absolute Gasteiger partial charge is 0.0807 e. The molecule has 0 aromatic heterocycles. The van der Waals surface area contributed by atoms with Crippen molar-refractivity contribution in [3.8, 4) is 77.9 Å². The van der Waals surface area contributed by atoms with Gasteiger partial charge >= 0.3 is 0 Å². The molecule has 0 nitrogen and oxygen atoms in total. The van der Waals surface area contributed by atoms with Gasteiger partial charge in [-0.1, -0.05) is 218 Å². The Labute approximate surface area is 376 Å². The summed E-state index contributed by atoms with van der Waals surface area (Å²) in [6.07, 6.45) is 12.4. The van der Waals surface area contributed by atoms with Crippen LogP contribution in [0.1, 0.15) is 12.0 Å². The van der Waals surface area contributed by atoms with E-state index >= 15 is 0 Å². The van der Waals surface area contributed by atoms with Crippen LogP contribution in [0.5, 0.6) is 0 Å². The van der Waals surface area contributed by atoms with Crippen LogP contribution in [0.15, 0.2) is 218 Å². The molecule has 0 saturated carbocycles. The van der Waals surface area contributed by atoms with Crippen LogP contribution in [0.2, 0.25) is 0 Å². The van der Waals surface area contributed by atoms with Crippen molar-refractivity contribution in [3.63, 3.8) is 0 Å². The lowest BCUT2D eigenvalue weighted by atomic mass is 9.82. The molecule has 0 saturated heterocycles. The molecule has 15 rings (SSSR count). The third-order valence-electron chi connectivity index (χ3n) is 14.9. The summed E-state index contributed by atoms with van der Waals surface area (Å²) in [6, 6.07) is 71.0. The molecule has 0 fully saturated rings. The molecule has 3 aliphatic rings. The topological polar surface area (TPSA) is 0 Å². The van der Waals surface area contributed by atoms with Crippen LogP contribution in [0.4, 0.5) is 0 Å². The second kappa shape index (κ2) is 13.1. The molecular formula is C65H38. The maximum absolute atomic E-state index is 2.46. The van der Waals surface area contributed by atoms with Crippen molar-refractivity contribution in [3.05, 3.63) is 224 Å². The number of fused-ring (bicyclic) bond motifs is 10. The van der Waals surface area contributed by atoms with Gasteiger partial charge < -0.3 is 0 Å². The molecule has 0 atom stereocenters. The van der Waals surface area contributed by atoms with Gasteiger partial charge in [-0.2, -0.15) is 0 Å². The molecule has 12 aromatic rings. The molecule has 0 bridgehead atoms. The Morgan fingerprint density at radius 1 is 0.246 bits per heavy atom. The molecule has 0 N–H and O–H groups in total. The van der Waals surface area contributed by atoms with Crippen LogP contribution in [-0.4, -0.2) is 0 Å². The average molecular weight is 819 g/mol. The monoisotopic (exact) mass is 818 g/mol. The molecule has 3 aliphatic carbocycles. The van der Waals surface area contributed by atoms with E-state index in [1.165, 1.54) is 154 Å². The first-order chi connectivity index (χ1) is 32.3. The summed E-state index contributed by atoms with van der Waals surface area (Å²) in [7, 11) is 0. The van der Waals surface area contributed by atoms with E-state index in [1.54, 1.807) is 0 Å². The molecule has 0 aliphatic heterocycles. The minimum absolute atomic E-state index is 0.932. The SMILES string of the molecule is C1=CCC=CC(c2c3c(c(-c4ccccc4)c4ccccc24)-c2ccc4c5ccc6c7c(ccc(c8ccc-3c2c84)c75)-c2c-6c(-c3ccccc3)c3ccccc3c2-c2ccccc2)=C1. The lowest BCUT2D eigenvalue weighted by Crippen LogP contribution is -1.95. The van der Waals surface area contributed by atoms with E-state index in [0.29, 0.717) is 0 Å². The lowest BCUT2D eigenvalue weighted by Gasteiger charge is -2.20. The molecule has 0 heterocycles. The summed E-state index contributed by atoms with van der Waals surface area (Å²) in [6.45, 7) is 0. The van der Waals surface area contributed by atoms with Crippen molar-refractivity contribution in [2.75, 3.05) is 0 Å². The molecule has 65 heavy (non-hydrogen) atoms. The Morgan fingerprint density at radius 2 is 0.585 bits per heavy atom. The normalized spacial score (nSPS) is 13.4. The Bertz CT molecular complexity index is 4000. The van der Waals surface area contributed by atoms with Crippen LogP contribution in [0.25, 0.3) is 148 Å². The Kier molecular flexibility index (Phi) is 7.10. The van der Waals surface area contributed by atoms with Crippen molar-refractivity contribution in [1.82, 2.24) is 0 Å². The first-order valence-electron chi connectivity index (χ1n) is 22.9. The molecule has 0 unspecified atom stereocenters. The molecular weight excluding hydrogens is 781 g/mol. The molecule has 0 heteroatoms. The highest BCUT2D eigenvalue weighted by Crippen LogP contribution is 2.62. The number of hydrogen-bond acceptors (Lipinski definition) is 0. The molecule has 0 spiro atoms. The summed E-state index contributed by atoms with van der Waals surface area (Å²) in [5, 5.41) is 15.9. The molecule has 0 amide bonds. The Balaban J connectivity index is 1.08. The van der Waals surface area contributed by atoms with Crippen LogP contribution in [-0.2, 0) is 0 Å². The van der Waals surface area contributed by atoms with Gasteiger partial charge in [0.15, 0.2) is 0 Å². The highest BCUT2D eigenvalue weighted by atomic mass is 14.4. The highest BCUT2D eigenvalue weighted by Gasteiger charge is 2.35. The van der Waals surface area contributed by atoms with E-state index in [9.17, 15) is 0 Å². The lowest BCUT2D eigenvalue weighted by molar-refractivity contribution is 1.41. The number of rotatable bonds is 4. The van der Waals surface area contributed by atoms with Gasteiger partial charge in [0.2, 0.25) is 0 Å². The summed E-state index contributed by atoms with van der Waals surface area (Å²) in [4.78, 5) is 0. The van der Waals surface area contributed by atoms with Gasteiger partial charge in [-0.15, -0.1) is 0 Å². The fraction of sp³-hybridized carbons (Fsp3) is 0.0154. The van der Waals surface area contributed by atoms with Crippen molar-refractivity contribution in [2.24, 2.45) is 0 Å². The molecule has 0 radical (unpaired) electrons. The molecule has 298 valence electrons. The van der Waals surface area contributed by atoms with E-state index in [-0.39, 0.29) is 0 Å². The zero-order valence-corrected chi connectivity index (χ0v) is 35.5.